The summed E-state index contributed by atoms with van der Waals surface area (Å²) in [7, 11) is 0. The van der Waals surface area contributed by atoms with E-state index in [9.17, 15) is 13.6 Å². The Bertz CT molecular complexity index is 669. The van der Waals surface area contributed by atoms with Gasteiger partial charge in [-0.15, -0.1) is 0 Å². The summed E-state index contributed by atoms with van der Waals surface area (Å²) in [5.74, 6) is -2.77. The fourth-order valence-corrected chi connectivity index (χ4v) is 1.91. The molecule has 1 aromatic carbocycles. The molecule has 0 spiro atoms. The van der Waals surface area contributed by atoms with E-state index in [1.807, 2.05) is 19.1 Å². The van der Waals surface area contributed by atoms with Crippen molar-refractivity contribution in [2.24, 2.45) is 0 Å². The zero-order valence-electron chi connectivity index (χ0n) is 12.1. The first-order chi connectivity index (χ1) is 9.90. The Morgan fingerprint density at radius 2 is 1.86 bits per heavy atom. The van der Waals surface area contributed by atoms with Crippen LogP contribution in [0.5, 0.6) is 0 Å². The normalized spacial score (nSPS) is 12.0. The number of pyridine rings is 1. The molecule has 2 rings (SSSR count). The molecule has 0 aliphatic carbocycles. The van der Waals surface area contributed by atoms with Gasteiger partial charge >= 0.3 is 0 Å². The van der Waals surface area contributed by atoms with Crippen molar-refractivity contribution in [3.05, 3.63) is 64.5 Å². The lowest BCUT2D eigenvalue weighted by molar-refractivity contribution is 0.0934. The third-order valence-electron chi connectivity index (χ3n) is 3.30. The van der Waals surface area contributed by atoms with Gasteiger partial charge in [-0.05, 0) is 44.0 Å². The molecule has 1 aromatic heterocycles. The van der Waals surface area contributed by atoms with Gasteiger partial charge in [0.2, 0.25) is 0 Å². The SMILES string of the molecule is Cc1ccc([C@H](C)NC(=O)c2ccc(C)c(F)c2F)cn1. The van der Waals surface area contributed by atoms with Crippen LogP contribution >= 0.6 is 0 Å². The fourth-order valence-electron chi connectivity index (χ4n) is 1.91. The quantitative estimate of drug-likeness (QED) is 0.940. The van der Waals surface area contributed by atoms with Gasteiger partial charge in [0, 0.05) is 11.9 Å². The maximum atomic E-state index is 13.8. The molecule has 0 bridgehead atoms. The van der Waals surface area contributed by atoms with Crippen LogP contribution in [0.15, 0.2) is 30.5 Å². The Labute approximate surface area is 122 Å². The van der Waals surface area contributed by atoms with Gasteiger partial charge in [-0.25, -0.2) is 8.78 Å². The number of carbonyl (C=O) groups excluding carboxylic acids is 1. The van der Waals surface area contributed by atoms with Crippen LogP contribution in [0.25, 0.3) is 0 Å². The topological polar surface area (TPSA) is 42.0 Å². The van der Waals surface area contributed by atoms with Crippen molar-refractivity contribution in [2.75, 3.05) is 0 Å². The summed E-state index contributed by atoms with van der Waals surface area (Å²) in [6.45, 7) is 5.06. The Balaban J connectivity index is 2.18. The third kappa shape index (κ3) is 3.24. The number of amides is 1. The highest BCUT2D eigenvalue weighted by molar-refractivity contribution is 5.94. The molecular formula is C16H16F2N2O. The molecule has 0 saturated heterocycles. The Kier molecular flexibility index (Phi) is 4.31. The summed E-state index contributed by atoms with van der Waals surface area (Å²) in [5, 5.41) is 2.63. The molecule has 0 fully saturated rings. The maximum absolute atomic E-state index is 13.8. The van der Waals surface area contributed by atoms with E-state index in [0.29, 0.717) is 0 Å². The van der Waals surface area contributed by atoms with Gasteiger partial charge in [0.15, 0.2) is 11.6 Å². The lowest BCUT2D eigenvalue weighted by Gasteiger charge is -2.15. The van der Waals surface area contributed by atoms with Gasteiger partial charge in [0.05, 0.1) is 11.6 Å². The summed E-state index contributed by atoms with van der Waals surface area (Å²) in [6.07, 6.45) is 1.65. The van der Waals surface area contributed by atoms with E-state index in [4.69, 9.17) is 0 Å². The zero-order chi connectivity index (χ0) is 15.6. The van der Waals surface area contributed by atoms with Crippen LogP contribution < -0.4 is 5.32 Å². The molecule has 3 nitrogen and oxygen atoms in total. The number of hydrogen-bond acceptors (Lipinski definition) is 2. The van der Waals surface area contributed by atoms with Crippen molar-refractivity contribution in [3.63, 3.8) is 0 Å². The molecule has 110 valence electrons. The van der Waals surface area contributed by atoms with Crippen molar-refractivity contribution in [1.82, 2.24) is 10.3 Å². The molecule has 0 radical (unpaired) electrons. The minimum absolute atomic E-state index is 0.167. The number of carbonyl (C=O) groups is 1. The van der Waals surface area contributed by atoms with Crippen LogP contribution in [0.3, 0.4) is 0 Å². The standard InChI is InChI=1S/C16H16F2N2O/c1-9-4-7-13(15(18)14(9)17)16(21)20-11(3)12-6-5-10(2)19-8-12/h4-8,11H,1-3H3,(H,20,21)/t11-/m0/s1. The number of nitrogens with zero attached hydrogens (tertiary/aromatic N) is 1. The fraction of sp³-hybridized carbons (Fsp3) is 0.250. The molecule has 2 aromatic rings. The molecule has 1 atom stereocenters. The Hall–Kier alpha value is -2.30. The van der Waals surface area contributed by atoms with Crippen LogP contribution in [-0.4, -0.2) is 10.9 Å². The van der Waals surface area contributed by atoms with E-state index in [2.05, 4.69) is 10.3 Å². The lowest BCUT2D eigenvalue weighted by atomic mass is 10.1. The predicted molar refractivity (Wildman–Crippen MR) is 76.0 cm³/mol. The minimum atomic E-state index is -1.12. The van der Waals surface area contributed by atoms with Crippen molar-refractivity contribution in [1.29, 1.82) is 0 Å². The second-order valence-corrected chi connectivity index (χ2v) is 4.99. The van der Waals surface area contributed by atoms with Crippen LogP contribution in [0.4, 0.5) is 8.78 Å². The molecule has 0 unspecified atom stereocenters. The summed E-state index contributed by atoms with van der Waals surface area (Å²) in [4.78, 5) is 16.2. The van der Waals surface area contributed by atoms with Gasteiger partial charge in [-0.2, -0.15) is 0 Å². The molecule has 0 saturated carbocycles. The molecule has 21 heavy (non-hydrogen) atoms. The van der Waals surface area contributed by atoms with Crippen molar-refractivity contribution in [2.45, 2.75) is 26.8 Å². The number of aromatic nitrogens is 1. The van der Waals surface area contributed by atoms with Gasteiger partial charge in [-0.3, -0.25) is 9.78 Å². The second-order valence-electron chi connectivity index (χ2n) is 4.99. The molecule has 1 amide bonds. The van der Waals surface area contributed by atoms with Crippen molar-refractivity contribution < 1.29 is 13.6 Å². The van der Waals surface area contributed by atoms with Gasteiger partial charge in [0.25, 0.3) is 5.91 Å². The van der Waals surface area contributed by atoms with Gasteiger partial charge in [0.1, 0.15) is 0 Å². The van der Waals surface area contributed by atoms with Gasteiger partial charge in [-0.1, -0.05) is 12.1 Å². The summed E-state index contributed by atoms with van der Waals surface area (Å²) >= 11 is 0. The van der Waals surface area contributed by atoms with Crippen molar-refractivity contribution in [3.8, 4) is 0 Å². The highest BCUT2D eigenvalue weighted by Crippen LogP contribution is 2.17. The summed E-state index contributed by atoms with van der Waals surface area (Å²) in [6, 6.07) is 5.97. The van der Waals surface area contributed by atoms with E-state index in [1.165, 1.54) is 19.1 Å². The summed E-state index contributed by atoms with van der Waals surface area (Å²) in [5.41, 5.74) is 1.52. The first-order valence-corrected chi connectivity index (χ1v) is 6.58. The van der Waals surface area contributed by atoms with E-state index in [-0.39, 0.29) is 17.2 Å². The number of nitrogens with one attached hydrogen (secondary N) is 1. The summed E-state index contributed by atoms with van der Waals surface area (Å²) < 4.78 is 27.3. The molecule has 1 heterocycles. The van der Waals surface area contributed by atoms with E-state index in [1.54, 1.807) is 13.1 Å². The highest BCUT2D eigenvalue weighted by atomic mass is 19.2. The second kappa shape index (κ2) is 5.99. The van der Waals surface area contributed by atoms with E-state index >= 15 is 0 Å². The monoisotopic (exact) mass is 290 g/mol. The van der Waals surface area contributed by atoms with Crippen LogP contribution in [-0.2, 0) is 0 Å². The third-order valence-corrected chi connectivity index (χ3v) is 3.30. The minimum Gasteiger partial charge on any atom is -0.345 e. The highest BCUT2D eigenvalue weighted by Gasteiger charge is 2.19. The predicted octanol–water partition coefficient (Wildman–Crippen LogP) is 3.47. The average Bonchev–Trinajstić information content (AvgIpc) is 2.45. The maximum Gasteiger partial charge on any atom is 0.254 e. The smallest absolute Gasteiger partial charge is 0.254 e. The molecule has 5 heteroatoms. The molecule has 0 aliphatic heterocycles. The average molecular weight is 290 g/mol. The zero-order valence-corrected chi connectivity index (χ0v) is 12.1. The largest absolute Gasteiger partial charge is 0.345 e. The van der Waals surface area contributed by atoms with Gasteiger partial charge < -0.3 is 5.32 Å². The number of benzene rings is 1. The Morgan fingerprint density at radius 1 is 1.14 bits per heavy atom. The van der Waals surface area contributed by atoms with E-state index < -0.39 is 17.5 Å². The first kappa shape index (κ1) is 15.1. The molecule has 0 aliphatic rings. The lowest BCUT2D eigenvalue weighted by Crippen LogP contribution is -2.28. The van der Waals surface area contributed by atoms with E-state index in [0.717, 1.165) is 11.3 Å². The first-order valence-electron chi connectivity index (χ1n) is 6.58. The van der Waals surface area contributed by atoms with Crippen LogP contribution in [0.1, 0.15) is 40.1 Å². The number of aryl methyl sites for hydroxylation is 2. The molecule has 1 N–H and O–H groups in total. The van der Waals surface area contributed by atoms with Crippen LogP contribution in [0, 0.1) is 25.5 Å². The number of rotatable bonds is 3. The van der Waals surface area contributed by atoms with Crippen LogP contribution in [0.2, 0.25) is 0 Å². The molecular weight excluding hydrogens is 274 g/mol. The number of halogens is 2. The Morgan fingerprint density at radius 3 is 2.48 bits per heavy atom. The van der Waals surface area contributed by atoms with Crippen molar-refractivity contribution >= 4 is 5.91 Å². The number of hydrogen-bond donors (Lipinski definition) is 1.